The van der Waals surface area contributed by atoms with Crippen LogP contribution in [0.15, 0.2) is 18.6 Å². The van der Waals surface area contributed by atoms with Crippen LogP contribution in [-0.2, 0) is 4.74 Å². The van der Waals surface area contributed by atoms with Gasteiger partial charge >= 0.3 is 0 Å². The third kappa shape index (κ3) is 4.73. The van der Waals surface area contributed by atoms with Crippen molar-refractivity contribution in [3.8, 4) is 0 Å². The van der Waals surface area contributed by atoms with Gasteiger partial charge in [0.1, 0.15) is 24.1 Å². The van der Waals surface area contributed by atoms with Gasteiger partial charge in [-0.25, -0.2) is 19.9 Å². The second-order valence-corrected chi connectivity index (χ2v) is 7.48. The molecule has 0 aromatic carbocycles. The predicted octanol–water partition coefficient (Wildman–Crippen LogP) is 2.95. The lowest BCUT2D eigenvalue weighted by Gasteiger charge is -2.45. The minimum Gasteiger partial charge on any atom is -0.371 e. The molecule has 8 nitrogen and oxygen atoms in total. The van der Waals surface area contributed by atoms with Crippen LogP contribution in [0.3, 0.4) is 0 Å². The summed E-state index contributed by atoms with van der Waals surface area (Å²) in [6.07, 6.45) is 5.48. The predicted molar refractivity (Wildman–Crippen MR) is 109 cm³/mol. The smallest absolute Gasteiger partial charge is 0.228 e. The number of piperazine rings is 1. The van der Waals surface area contributed by atoms with Crippen molar-refractivity contribution < 1.29 is 4.74 Å². The zero-order valence-corrected chi connectivity index (χ0v) is 17.5. The molecule has 3 rings (SSSR count). The summed E-state index contributed by atoms with van der Waals surface area (Å²) in [5, 5.41) is 0. The molecule has 0 unspecified atom stereocenters. The van der Waals surface area contributed by atoms with Crippen LogP contribution in [-0.4, -0.2) is 56.7 Å². The van der Waals surface area contributed by atoms with Crippen molar-refractivity contribution >= 4 is 11.8 Å². The molecule has 8 heteroatoms. The van der Waals surface area contributed by atoms with Crippen LogP contribution in [0.25, 0.3) is 0 Å². The summed E-state index contributed by atoms with van der Waals surface area (Å²) in [4.78, 5) is 26.8. The number of hydrogen-bond acceptors (Lipinski definition) is 8. The van der Waals surface area contributed by atoms with E-state index in [1.807, 2.05) is 26.1 Å². The zero-order valence-electron chi connectivity index (χ0n) is 17.5. The maximum atomic E-state index is 5.88. The molecule has 0 saturated carbocycles. The number of hydrogen-bond donors (Lipinski definition) is 0. The number of aromatic nitrogens is 5. The Labute approximate surface area is 167 Å². The average Bonchev–Trinajstić information content (AvgIpc) is 2.68. The van der Waals surface area contributed by atoms with Crippen LogP contribution in [0.1, 0.15) is 58.3 Å². The van der Waals surface area contributed by atoms with E-state index in [2.05, 4.69) is 50.5 Å². The number of unbranched alkanes of at least 4 members (excludes halogenated alkanes) is 1. The quantitative estimate of drug-likeness (QED) is 0.673. The van der Waals surface area contributed by atoms with E-state index in [1.54, 1.807) is 6.33 Å². The molecule has 0 bridgehead atoms. The molecule has 3 heterocycles. The van der Waals surface area contributed by atoms with Crippen LogP contribution in [0.5, 0.6) is 0 Å². The maximum Gasteiger partial charge on any atom is 0.228 e. The number of ether oxygens (including phenoxy) is 1. The van der Waals surface area contributed by atoms with E-state index in [1.165, 1.54) is 0 Å². The normalized spacial score (nSPS) is 21.0. The highest BCUT2D eigenvalue weighted by atomic mass is 16.5. The summed E-state index contributed by atoms with van der Waals surface area (Å²) in [7, 11) is 0. The molecule has 3 atom stereocenters. The van der Waals surface area contributed by atoms with Crippen molar-refractivity contribution in [2.24, 2.45) is 0 Å². The largest absolute Gasteiger partial charge is 0.371 e. The molecule has 1 aliphatic heterocycles. The van der Waals surface area contributed by atoms with Gasteiger partial charge in [-0.05, 0) is 40.2 Å². The molecule has 1 saturated heterocycles. The molecule has 0 N–H and O–H groups in total. The van der Waals surface area contributed by atoms with E-state index in [0.717, 1.165) is 56.0 Å². The molecular weight excluding hydrogens is 354 g/mol. The third-order valence-corrected chi connectivity index (χ3v) is 5.03. The van der Waals surface area contributed by atoms with Crippen LogP contribution < -0.4 is 9.80 Å². The number of aryl methyl sites for hydroxylation is 1. The van der Waals surface area contributed by atoms with E-state index in [4.69, 9.17) is 9.72 Å². The second kappa shape index (κ2) is 9.23. The maximum absolute atomic E-state index is 5.88. The molecule has 0 amide bonds. The highest BCUT2D eigenvalue weighted by Crippen LogP contribution is 2.26. The lowest BCUT2D eigenvalue weighted by molar-refractivity contribution is 0.0578. The topological polar surface area (TPSA) is 80.2 Å². The van der Waals surface area contributed by atoms with E-state index >= 15 is 0 Å². The van der Waals surface area contributed by atoms with Crippen LogP contribution in [0.4, 0.5) is 11.8 Å². The molecule has 1 fully saturated rings. The number of anilines is 2. The van der Waals surface area contributed by atoms with Crippen LogP contribution in [0, 0.1) is 6.92 Å². The standard InChI is InChI=1S/C20H31N7O/c1-6-7-10-28-16(4)19-21-9-8-18(25-19)27-14(2)11-26(12-15(27)3)20-23-13-22-17(5)24-20/h8-9,13-16H,6-7,10-12H2,1-5H3/t14-,15+,16-/m1/s1. The van der Waals surface area contributed by atoms with E-state index in [9.17, 15) is 0 Å². The molecule has 0 spiro atoms. The Morgan fingerprint density at radius 1 is 1.14 bits per heavy atom. The van der Waals surface area contributed by atoms with Gasteiger partial charge in [0.25, 0.3) is 0 Å². The summed E-state index contributed by atoms with van der Waals surface area (Å²) in [5.41, 5.74) is 0. The summed E-state index contributed by atoms with van der Waals surface area (Å²) in [5.74, 6) is 3.17. The van der Waals surface area contributed by atoms with Crippen molar-refractivity contribution in [1.82, 2.24) is 24.9 Å². The molecule has 152 valence electrons. The summed E-state index contributed by atoms with van der Waals surface area (Å²) in [6, 6.07) is 2.51. The molecule has 28 heavy (non-hydrogen) atoms. The van der Waals surface area contributed by atoms with Gasteiger partial charge < -0.3 is 14.5 Å². The monoisotopic (exact) mass is 385 g/mol. The lowest BCUT2D eigenvalue weighted by atomic mass is 10.1. The average molecular weight is 386 g/mol. The minimum absolute atomic E-state index is 0.105. The van der Waals surface area contributed by atoms with Gasteiger partial charge in [0.05, 0.1) is 0 Å². The SMILES string of the molecule is CCCCO[C@H](C)c1nccc(N2[C@H](C)CN(c3ncnc(C)n3)C[C@@H]2C)n1. The van der Waals surface area contributed by atoms with Crippen molar-refractivity contribution in [1.29, 1.82) is 0 Å². The third-order valence-electron chi connectivity index (χ3n) is 5.03. The Morgan fingerprint density at radius 2 is 1.89 bits per heavy atom. The van der Waals surface area contributed by atoms with Gasteiger partial charge in [-0.1, -0.05) is 13.3 Å². The summed E-state index contributed by atoms with van der Waals surface area (Å²) in [6.45, 7) is 12.9. The van der Waals surface area contributed by atoms with Crippen molar-refractivity contribution in [2.75, 3.05) is 29.5 Å². The fraction of sp³-hybridized carbons (Fsp3) is 0.650. The first-order valence-corrected chi connectivity index (χ1v) is 10.1. The van der Waals surface area contributed by atoms with E-state index in [0.29, 0.717) is 0 Å². The first-order chi connectivity index (χ1) is 13.5. The Morgan fingerprint density at radius 3 is 2.57 bits per heavy atom. The fourth-order valence-corrected chi connectivity index (χ4v) is 3.64. The Balaban J connectivity index is 1.73. The molecule has 0 radical (unpaired) electrons. The van der Waals surface area contributed by atoms with Gasteiger partial charge in [0.15, 0.2) is 5.82 Å². The highest BCUT2D eigenvalue weighted by molar-refractivity contribution is 5.45. The lowest BCUT2D eigenvalue weighted by Crippen LogP contribution is -2.57. The van der Waals surface area contributed by atoms with Crippen molar-refractivity contribution in [3.05, 3.63) is 30.2 Å². The summed E-state index contributed by atoms with van der Waals surface area (Å²) >= 11 is 0. The van der Waals surface area contributed by atoms with Gasteiger partial charge in [-0.2, -0.15) is 4.98 Å². The Kier molecular flexibility index (Phi) is 6.72. The van der Waals surface area contributed by atoms with Gasteiger partial charge in [0.2, 0.25) is 5.95 Å². The number of nitrogens with zero attached hydrogens (tertiary/aromatic N) is 7. The Hall–Kier alpha value is -2.35. The van der Waals surface area contributed by atoms with Gasteiger partial charge in [-0.15, -0.1) is 0 Å². The number of rotatable bonds is 7. The van der Waals surface area contributed by atoms with Crippen molar-refractivity contribution in [3.63, 3.8) is 0 Å². The van der Waals surface area contributed by atoms with Crippen molar-refractivity contribution in [2.45, 2.75) is 65.6 Å². The van der Waals surface area contributed by atoms with Crippen LogP contribution in [0.2, 0.25) is 0 Å². The minimum atomic E-state index is -0.105. The first-order valence-electron chi connectivity index (χ1n) is 10.1. The highest BCUT2D eigenvalue weighted by Gasteiger charge is 2.32. The summed E-state index contributed by atoms with van der Waals surface area (Å²) < 4.78 is 5.88. The molecule has 1 aliphatic rings. The van der Waals surface area contributed by atoms with Gasteiger partial charge in [0, 0.05) is 38.0 Å². The molecule has 0 aliphatic carbocycles. The molecule has 2 aromatic rings. The van der Waals surface area contributed by atoms with E-state index in [-0.39, 0.29) is 18.2 Å². The zero-order chi connectivity index (χ0) is 20.1. The second-order valence-electron chi connectivity index (χ2n) is 7.48. The fourth-order valence-electron chi connectivity index (χ4n) is 3.64. The van der Waals surface area contributed by atoms with Gasteiger partial charge in [-0.3, -0.25) is 0 Å². The van der Waals surface area contributed by atoms with Crippen LogP contribution >= 0.6 is 0 Å². The Bertz CT molecular complexity index is 760. The van der Waals surface area contributed by atoms with E-state index < -0.39 is 0 Å². The molecule has 2 aromatic heterocycles. The molecular formula is C20H31N7O. The first kappa shape index (κ1) is 20.4.